The van der Waals surface area contributed by atoms with Crippen molar-refractivity contribution in [2.75, 3.05) is 0 Å². The van der Waals surface area contributed by atoms with E-state index in [4.69, 9.17) is 0 Å². The third-order valence-corrected chi connectivity index (χ3v) is 6.33. The Labute approximate surface area is 126 Å². The molecule has 2 aromatic rings. The minimum atomic E-state index is -1.14. The van der Waals surface area contributed by atoms with Gasteiger partial charge in [-0.1, -0.05) is 49.5 Å². The zero-order valence-corrected chi connectivity index (χ0v) is 14.4. The molecule has 0 heterocycles. The van der Waals surface area contributed by atoms with Crippen LogP contribution in [-0.2, 0) is 0 Å². The molecule has 0 aliphatic rings. The summed E-state index contributed by atoms with van der Waals surface area (Å²) < 4.78 is 0. The SMILES string of the molecule is Cc1ccc(N=Cc2cccc(S[Si](C)(C)C)c2)cc1. The largest absolute Gasteiger partial charge is 0.256 e. The smallest absolute Gasteiger partial charge is 0.114 e. The van der Waals surface area contributed by atoms with Gasteiger partial charge in [0.05, 0.1) is 5.69 Å². The van der Waals surface area contributed by atoms with Crippen molar-refractivity contribution in [2.45, 2.75) is 31.5 Å². The summed E-state index contributed by atoms with van der Waals surface area (Å²) in [7, 11) is -1.14. The predicted molar refractivity (Wildman–Crippen MR) is 94.1 cm³/mol. The summed E-state index contributed by atoms with van der Waals surface area (Å²) in [5.41, 5.74) is 3.42. The van der Waals surface area contributed by atoms with Crippen LogP contribution in [0.3, 0.4) is 0 Å². The Bertz CT molecular complexity index is 597. The van der Waals surface area contributed by atoms with Crippen LogP contribution >= 0.6 is 11.2 Å². The maximum Gasteiger partial charge on any atom is 0.114 e. The van der Waals surface area contributed by atoms with E-state index in [9.17, 15) is 0 Å². The van der Waals surface area contributed by atoms with Crippen molar-refractivity contribution in [3.8, 4) is 0 Å². The van der Waals surface area contributed by atoms with Crippen LogP contribution in [-0.4, -0.2) is 13.4 Å². The molecule has 1 nitrogen and oxygen atoms in total. The molecule has 0 aliphatic heterocycles. The Kier molecular flexibility index (Phi) is 4.84. The monoisotopic (exact) mass is 299 g/mol. The van der Waals surface area contributed by atoms with Crippen molar-refractivity contribution in [1.82, 2.24) is 0 Å². The molecule has 0 amide bonds. The molecule has 0 bridgehead atoms. The van der Waals surface area contributed by atoms with Crippen LogP contribution in [0.2, 0.25) is 19.6 Å². The van der Waals surface area contributed by atoms with Gasteiger partial charge in [0, 0.05) is 11.1 Å². The zero-order chi connectivity index (χ0) is 14.6. The van der Waals surface area contributed by atoms with Gasteiger partial charge in [0.1, 0.15) is 7.22 Å². The number of benzene rings is 2. The Morgan fingerprint density at radius 2 is 1.70 bits per heavy atom. The first-order chi connectivity index (χ1) is 9.42. The summed E-state index contributed by atoms with van der Waals surface area (Å²) in [6.45, 7) is 9.19. The molecule has 0 saturated heterocycles. The van der Waals surface area contributed by atoms with Gasteiger partial charge in [-0.15, -0.1) is 0 Å². The highest BCUT2D eigenvalue weighted by atomic mass is 32.4. The number of hydrogen-bond donors (Lipinski definition) is 0. The quantitative estimate of drug-likeness (QED) is 0.523. The first-order valence-electron chi connectivity index (χ1n) is 6.82. The van der Waals surface area contributed by atoms with Gasteiger partial charge >= 0.3 is 0 Å². The van der Waals surface area contributed by atoms with Crippen molar-refractivity contribution >= 4 is 30.3 Å². The van der Waals surface area contributed by atoms with E-state index in [1.807, 2.05) is 29.6 Å². The highest BCUT2D eigenvalue weighted by molar-refractivity contribution is 8.28. The molecule has 20 heavy (non-hydrogen) atoms. The van der Waals surface area contributed by atoms with E-state index < -0.39 is 7.22 Å². The molecule has 0 atom stereocenters. The van der Waals surface area contributed by atoms with Crippen LogP contribution in [0, 0.1) is 6.92 Å². The third kappa shape index (κ3) is 4.98. The zero-order valence-electron chi connectivity index (χ0n) is 12.6. The normalized spacial score (nSPS) is 12.0. The standard InChI is InChI=1S/C17H21NSSi/c1-14-8-10-16(11-9-14)18-13-15-6-5-7-17(12-15)19-20(2,3)4/h5-13H,1-4H3. The highest BCUT2D eigenvalue weighted by Gasteiger charge is 2.14. The summed E-state index contributed by atoms with van der Waals surface area (Å²) in [6.07, 6.45) is 1.94. The first kappa shape index (κ1) is 15.1. The number of rotatable bonds is 4. The van der Waals surface area contributed by atoms with Crippen molar-refractivity contribution < 1.29 is 0 Å². The minimum Gasteiger partial charge on any atom is -0.256 e. The average molecular weight is 300 g/mol. The van der Waals surface area contributed by atoms with E-state index in [1.165, 1.54) is 10.5 Å². The van der Waals surface area contributed by atoms with Crippen LogP contribution in [0.25, 0.3) is 0 Å². The number of aliphatic imine (C=N–C) groups is 1. The molecular weight excluding hydrogens is 278 g/mol. The maximum absolute atomic E-state index is 4.53. The molecule has 3 heteroatoms. The van der Waals surface area contributed by atoms with E-state index in [2.05, 4.69) is 68.0 Å². The van der Waals surface area contributed by atoms with Crippen LogP contribution < -0.4 is 0 Å². The van der Waals surface area contributed by atoms with E-state index in [0.29, 0.717) is 0 Å². The minimum absolute atomic E-state index is 0.999. The first-order valence-corrected chi connectivity index (χ1v) is 11.9. The molecule has 0 aromatic heterocycles. The molecule has 0 radical (unpaired) electrons. The van der Waals surface area contributed by atoms with Gasteiger partial charge in [-0.25, -0.2) is 0 Å². The number of aryl methyl sites for hydroxylation is 1. The Balaban J connectivity index is 2.13. The van der Waals surface area contributed by atoms with Crippen LogP contribution in [0.1, 0.15) is 11.1 Å². The average Bonchev–Trinajstić information content (AvgIpc) is 2.36. The van der Waals surface area contributed by atoms with E-state index in [-0.39, 0.29) is 0 Å². The van der Waals surface area contributed by atoms with E-state index in [1.54, 1.807) is 0 Å². The molecule has 2 aromatic carbocycles. The van der Waals surface area contributed by atoms with Gasteiger partial charge in [0.2, 0.25) is 0 Å². The lowest BCUT2D eigenvalue weighted by Gasteiger charge is -2.15. The van der Waals surface area contributed by atoms with Gasteiger partial charge in [-0.2, -0.15) is 11.2 Å². The second kappa shape index (κ2) is 6.42. The van der Waals surface area contributed by atoms with Gasteiger partial charge in [-0.3, -0.25) is 4.99 Å². The molecule has 104 valence electrons. The van der Waals surface area contributed by atoms with E-state index >= 15 is 0 Å². The molecule has 0 unspecified atom stereocenters. The molecule has 0 fully saturated rings. The topological polar surface area (TPSA) is 12.4 Å². The number of hydrogen-bond acceptors (Lipinski definition) is 2. The van der Waals surface area contributed by atoms with Crippen molar-refractivity contribution in [3.05, 3.63) is 59.7 Å². The molecular formula is C17H21NSSi. The van der Waals surface area contributed by atoms with Crippen LogP contribution in [0.4, 0.5) is 5.69 Å². The summed E-state index contributed by atoms with van der Waals surface area (Å²) >= 11 is 2.02. The fourth-order valence-corrected chi connectivity index (χ4v) is 5.34. The van der Waals surface area contributed by atoms with Gasteiger partial charge in [-0.05, 0) is 36.8 Å². The van der Waals surface area contributed by atoms with Crippen molar-refractivity contribution in [3.63, 3.8) is 0 Å². The fourth-order valence-electron chi connectivity index (χ4n) is 1.79. The molecule has 0 aliphatic carbocycles. The van der Waals surface area contributed by atoms with Crippen LogP contribution in [0.15, 0.2) is 58.4 Å². The second-order valence-corrected chi connectivity index (χ2v) is 15.1. The molecule has 0 spiro atoms. The molecule has 0 saturated carbocycles. The Morgan fingerprint density at radius 3 is 2.35 bits per heavy atom. The summed E-state index contributed by atoms with van der Waals surface area (Å²) in [5, 5.41) is 0. The summed E-state index contributed by atoms with van der Waals surface area (Å²) in [5.74, 6) is 0. The fraction of sp³-hybridized carbons (Fsp3) is 0.235. The third-order valence-electron chi connectivity index (χ3n) is 2.68. The lowest BCUT2D eigenvalue weighted by molar-refractivity contribution is 1.42. The van der Waals surface area contributed by atoms with Crippen LogP contribution in [0.5, 0.6) is 0 Å². The van der Waals surface area contributed by atoms with Crippen molar-refractivity contribution in [1.29, 1.82) is 0 Å². The summed E-state index contributed by atoms with van der Waals surface area (Å²) in [6, 6.07) is 16.9. The van der Waals surface area contributed by atoms with Gasteiger partial charge < -0.3 is 0 Å². The maximum atomic E-state index is 4.53. The lowest BCUT2D eigenvalue weighted by Crippen LogP contribution is -2.13. The second-order valence-electron chi connectivity index (χ2n) is 5.88. The van der Waals surface area contributed by atoms with Crippen molar-refractivity contribution in [2.24, 2.45) is 4.99 Å². The van der Waals surface area contributed by atoms with Gasteiger partial charge in [0.25, 0.3) is 0 Å². The number of nitrogens with zero attached hydrogens (tertiary/aromatic N) is 1. The Hall–Kier alpha value is -1.32. The Morgan fingerprint density at radius 1 is 1.00 bits per heavy atom. The molecule has 0 N–H and O–H groups in total. The molecule has 2 rings (SSSR count). The van der Waals surface area contributed by atoms with Gasteiger partial charge in [0.15, 0.2) is 0 Å². The summed E-state index contributed by atoms with van der Waals surface area (Å²) in [4.78, 5) is 5.88. The predicted octanol–water partition coefficient (Wildman–Crippen LogP) is 5.67. The van der Waals surface area contributed by atoms with E-state index in [0.717, 1.165) is 11.3 Å². The highest BCUT2D eigenvalue weighted by Crippen LogP contribution is 2.29. The lowest BCUT2D eigenvalue weighted by atomic mass is 10.2.